The van der Waals surface area contributed by atoms with Crippen LogP contribution in [-0.2, 0) is 5.41 Å². The molecule has 256 valence electrons. The van der Waals surface area contributed by atoms with Crippen LogP contribution in [-0.4, -0.2) is 4.98 Å². The number of rotatable bonds is 4. The Balaban J connectivity index is 1.11. The zero-order valence-corrected chi connectivity index (χ0v) is 29.8. The molecule has 0 unspecified atom stereocenters. The van der Waals surface area contributed by atoms with Crippen molar-refractivity contribution in [2.75, 3.05) is 4.90 Å². The van der Waals surface area contributed by atoms with Gasteiger partial charge in [-0.1, -0.05) is 133 Å². The van der Waals surface area contributed by atoms with Crippen LogP contribution in [0.5, 0.6) is 0 Å². The van der Waals surface area contributed by atoms with Crippen LogP contribution in [0, 0.1) is 0 Å². The van der Waals surface area contributed by atoms with Crippen LogP contribution in [0.4, 0.5) is 17.1 Å². The summed E-state index contributed by atoms with van der Waals surface area (Å²) in [5, 5.41) is 3.28. The Morgan fingerprint density at radius 3 is 1.76 bits per heavy atom. The molecular weight excluding hydrogens is 669 g/mol. The third kappa shape index (κ3) is 4.12. The topological polar surface area (TPSA) is 29.3 Å². The summed E-state index contributed by atoms with van der Waals surface area (Å²) in [6.07, 6.45) is 1.84. The van der Waals surface area contributed by atoms with Crippen molar-refractivity contribution in [3.8, 4) is 33.4 Å². The van der Waals surface area contributed by atoms with Gasteiger partial charge < -0.3 is 9.32 Å². The molecule has 0 radical (unpaired) electrons. The minimum Gasteiger partial charge on any atom is -0.454 e. The maximum Gasteiger partial charge on any atom is 0.153 e. The smallest absolute Gasteiger partial charge is 0.153 e. The van der Waals surface area contributed by atoms with Crippen LogP contribution in [0.1, 0.15) is 22.3 Å². The largest absolute Gasteiger partial charge is 0.454 e. The molecule has 8 aromatic carbocycles. The summed E-state index contributed by atoms with van der Waals surface area (Å²) in [5.74, 6) is 0. The summed E-state index contributed by atoms with van der Waals surface area (Å²) >= 11 is 0. The molecule has 0 N–H and O–H groups in total. The van der Waals surface area contributed by atoms with Gasteiger partial charge in [-0.2, -0.15) is 0 Å². The number of benzene rings is 8. The lowest BCUT2D eigenvalue weighted by molar-refractivity contribution is 0.668. The van der Waals surface area contributed by atoms with Gasteiger partial charge in [-0.25, -0.2) is 0 Å². The zero-order valence-electron chi connectivity index (χ0n) is 29.8. The summed E-state index contributed by atoms with van der Waals surface area (Å²) < 4.78 is 6.29. The predicted molar refractivity (Wildman–Crippen MR) is 225 cm³/mol. The third-order valence-electron chi connectivity index (χ3n) is 11.9. The SMILES string of the molecule is c1ccc(-c2ccc(N(c3ccc4c(c3)-c3ccccc3C43c4ccccc4-c4ccccc43)c3cccc4c3ccc3oc5cccnc5c34)cc2)cc1. The van der Waals surface area contributed by atoms with Gasteiger partial charge >= 0.3 is 0 Å². The standard InChI is InChI=1S/C52H32N2O/c1-2-12-33(13-3-1)34-23-25-35(26-24-34)54(47-21-10-17-41-40(47)28-30-48-50(41)51-49(55-48)22-11-31-53-51)36-27-29-46-42(32-36)39-16-6-9-20-45(39)52(46)43-18-7-4-14-37(43)38-15-5-8-19-44(38)52/h1-32H. The van der Waals surface area contributed by atoms with Gasteiger partial charge in [-0.15, -0.1) is 0 Å². The molecule has 0 bridgehead atoms. The van der Waals surface area contributed by atoms with E-state index in [1.54, 1.807) is 0 Å². The lowest BCUT2D eigenvalue weighted by atomic mass is 9.70. The molecule has 2 aromatic heterocycles. The maximum absolute atomic E-state index is 6.29. The van der Waals surface area contributed by atoms with E-state index < -0.39 is 0 Å². The van der Waals surface area contributed by atoms with Gasteiger partial charge in [0.15, 0.2) is 5.58 Å². The first-order chi connectivity index (χ1) is 27.3. The van der Waals surface area contributed by atoms with Crippen LogP contribution in [0.2, 0.25) is 0 Å². The molecule has 0 saturated heterocycles. The predicted octanol–water partition coefficient (Wildman–Crippen LogP) is 13.6. The van der Waals surface area contributed by atoms with Crippen LogP contribution in [0.3, 0.4) is 0 Å². The Bertz CT molecular complexity index is 3110. The van der Waals surface area contributed by atoms with Crippen LogP contribution in [0.15, 0.2) is 199 Å². The van der Waals surface area contributed by atoms with Crippen molar-refractivity contribution < 1.29 is 4.42 Å². The van der Waals surface area contributed by atoms with E-state index in [1.165, 1.54) is 55.6 Å². The lowest BCUT2D eigenvalue weighted by Crippen LogP contribution is -2.25. The van der Waals surface area contributed by atoms with Crippen molar-refractivity contribution in [2.24, 2.45) is 0 Å². The second-order valence-corrected chi connectivity index (χ2v) is 14.6. The fraction of sp³-hybridized carbons (Fsp3) is 0.0192. The summed E-state index contributed by atoms with van der Waals surface area (Å²) in [6.45, 7) is 0. The third-order valence-corrected chi connectivity index (χ3v) is 11.9. The van der Waals surface area contributed by atoms with Crippen molar-refractivity contribution >= 4 is 49.9 Å². The fourth-order valence-corrected chi connectivity index (χ4v) is 9.71. The van der Waals surface area contributed by atoms with Crippen LogP contribution >= 0.6 is 0 Å². The van der Waals surface area contributed by atoms with E-state index in [9.17, 15) is 0 Å². The van der Waals surface area contributed by atoms with Gasteiger partial charge in [0, 0.05) is 23.0 Å². The van der Waals surface area contributed by atoms with E-state index in [0.29, 0.717) is 0 Å². The van der Waals surface area contributed by atoms with Gasteiger partial charge in [0.25, 0.3) is 0 Å². The monoisotopic (exact) mass is 700 g/mol. The Hall–Kier alpha value is -7.23. The average Bonchev–Trinajstić information content (AvgIpc) is 3.89. The number of hydrogen-bond donors (Lipinski definition) is 0. The van der Waals surface area contributed by atoms with E-state index in [-0.39, 0.29) is 5.41 Å². The lowest BCUT2D eigenvalue weighted by Gasteiger charge is -2.31. The summed E-state index contributed by atoms with van der Waals surface area (Å²) in [4.78, 5) is 7.19. The zero-order chi connectivity index (χ0) is 36.1. The van der Waals surface area contributed by atoms with Crippen LogP contribution in [0.25, 0.3) is 66.2 Å². The molecule has 0 fully saturated rings. The molecule has 0 atom stereocenters. The highest BCUT2D eigenvalue weighted by molar-refractivity contribution is 6.20. The fourth-order valence-electron chi connectivity index (χ4n) is 9.71. The van der Waals surface area contributed by atoms with Crippen molar-refractivity contribution in [1.29, 1.82) is 0 Å². The molecule has 0 saturated carbocycles. The number of hydrogen-bond acceptors (Lipinski definition) is 3. The Labute approximate surface area is 318 Å². The second kappa shape index (κ2) is 11.4. The quantitative estimate of drug-likeness (QED) is 0.183. The average molecular weight is 701 g/mol. The molecule has 10 aromatic rings. The van der Waals surface area contributed by atoms with Crippen LogP contribution < -0.4 is 4.90 Å². The number of aromatic nitrogens is 1. The Morgan fingerprint density at radius 2 is 1.04 bits per heavy atom. The maximum atomic E-state index is 6.29. The minimum absolute atomic E-state index is 0.389. The number of fused-ring (bicyclic) bond motifs is 15. The van der Waals surface area contributed by atoms with Crippen molar-refractivity contribution in [3.05, 3.63) is 217 Å². The second-order valence-electron chi connectivity index (χ2n) is 14.6. The summed E-state index contributed by atoms with van der Waals surface area (Å²) in [7, 11) is 0. The summed E-state index contributed by atoms with van der Waals surface area (Å²) in [6, 6.07) is 68.5. The highest BCUT2D eigenvalue weighted by Crippen LogP contribution is 2.63. The first kappa shape index (κ1) is 30.3. The molecule has 2 aliphatic rings. The van der Waals surface area contributed by atoms with E-state index in [4.69, 9.17) is 9.40 Å². The molecule has 55 heavy (non-hydrogen) atoms. The molecule has 12 rings (SSSR count). The molecule has 0 aliphatic heterocycles. The Morgan fingerprint density at radius 1 is 0.418 bits per heavy atom. The normalized spacial score (nSPS) is 13.2. The Kier molecular flexibility index (Phi) is 6.26. The number of nitrogens with zero attached hydrogens (tertiary/aromatic N) is 2. The first-order valence-electron chi connectivity index (χ1n) is 18.9. The van der Waals surface area contributed by atoms with E-state index in [2.05, 4.69) is 181 Å². The van der Waals surface area contributed by atoms with Gasteiger partial charge in [-0.05, 0) is 116 Å². The molecule has 2 aliphatic carbocycles. The van der Waals surface area contributed by atoms with Crippen molar-refractivity contribution in [1.82, 2.24) is 4.98 Å². The highest BCUT2D eigenvalue weighted by atomic mass is 16.3. The number of pyridine rings is 1. The van der Waals surface area contributed by atoms with Crippen molar-refractivity contribution in [3.63, 3.8) is 0 Å². The minimum atomic E-state index is -0.389. The van der Waals surface area contributed by atoms with Gasteiger partial charge in [0.2, 0.25) is 0 Å². The number of anilines is 3. The van der Waals surface area contributed by atoms with Gasteiger partial charge in [0.1, 0.15) is 11.1 Å². The molecule has 0 amide bonds. The molecule has 3 heteroatoms. The summed E-state index contributed by atoms with van der Waals surface area (Å²) in [5.41, 5.74) is 18.3. The molecule has 1 spiro atoms. The van der Waals surface area contributed by atoms with E-state index >= 15 is 0 Å². The highest BCUT2D eigenvalue weighted by Gasteiger charge is 2.51. The molecular formula is C52H32N2O. The first-order valence-corrected chi connectivity index (χ1v) is 18.9. The molecule has 2 heterocycles. The number of furan rings is 1. The van der Waals surface area contributed by atoms with Gasteiger partial charge in [0.05, 0.1) is 16.5 Å². The van der Waals surface area contributed by atoms with Gasteiger partial charge in [-0.3, -0.25) is 4.98 Å². The van der Waals surface area contributed by atoms with E-state index in [1.807, 2.05) is 18.3 Å². The molecule has 3 nitrogen and oxygen atoms in total. The van der Waals surface area contributed by atoms with E-state index in [0.717, 1.165) is 49.9 Å². The van der Waals surface area contributed by atoms with Crippen molar-refractivity contribution in [2.45, 2.75) is 5.41 Å².